The molecule has 0 saturated heterocycles. The maximum absolute atomic E-state index is 5.26. The lowest BCUT2D eigenvalue weighted by Crippen LogP contribution is -2.41. The van der Waals surface area contributed by atoms with Gasteiger partial charge in [0.1, 0.15) is 0 Å². The van der Waals surface area contributed by atoms with Gasteiger partial charge in [0.25, 0.3) is 0 Å². The Morgan fingerprint density at radius 2 is 2.00 bits per heavy atom. The maximum Gasteiger partial charge on any atom is 0.0649 e. The average Bonchev–Trinajstić information content (AvgIpc) is 1.80. The number of hydrogen-bond acceptors (Lipinski definition) is 4. The van der Waals surface area contributed by atoms with E-state index in [4.69, 9.17) is 17.2 Å². The second-order valence-electron chi connectivity index (χ2n) is 2.01. The molecule has 56 valence electrons. The molecule has 0 aromatic carbocycles. The van der Waals surface area contributed by atoms with Gasteiger partial charge in [0.15, 0.2) is 0 Å². The predicted molar refractivity (Wildman–Crippen MR) is 38.7 cm³/mol. The van der Waals surface area contributed by atoms with Crippen LogP contribution in [0.15, 0.2) is 0 Å². The van der Waals surface area contributed by atoms with E-state index in [1.54, 1.807) is 0 Å². The quantitative estimate of drug-likeness (QED) is 0.261. The van der Waals surface area contributed by atoms with Crippen molar-refractivity contribution in [1.82, 2.24) is 5.32 Å². The van der Waals surface area contributed by atoms with Gasteiger partial charge in [-0.3, -0.25) is 0 Å². The van der Waals surface area contributed by atoms with Gasteiger partial charge in [-0.1, -0.05) is 0 Å². The summed E-state index contributed by atoms with van der Waals surface area (Å²) in [6.45, 7) is 2.29. The van der Waals surface area contributed by atoms with E-state index in [9.17, 15) is 0 Å². The first-order valence-corrected chi connectivity index (χ1v) is 3.19. The Kier molecular flexibility index (Phi) is 5.86. The predicted octanol–water partition coefficient (Wildman–Crippen LogP) is -1.83. The van der Waals surface area contributed by atoms with Gasteiger partial charge >= 0.3 is 0 Å². The molecule has 0 aliphatic heterocycles. The highest BCUT2D eigenvalue weighted by Crippen LogP contribution is 1.68. The molecule has 0 amide bonds. The topological polar surface area (TPSA) is 90.1 Å². The monoisotopic (exact) mass is 132 g/mol. The first-order chi connectivity index (χ1) is 4.27. The van der Waals surface area contributed by atoms with Gasteiger partial charge in [0.05, 0.1) is 6.17 Å². The van der Waals surface area contributed by atoms with E-state index >= 15 is 0 Å². The van der Waals surface area contributed by atoms with Crippen LogP contribution in [0.2, 0.25) is 0 Å². The van der Waals surface area contributed by atoms with Crippen LogP contribution in [-0.4, -0.2) is 25.8 Å². The highest BCUT2D eigenvalue weighted by Gasteiger charge is 1.90. The van der Waals surface area contributed by atoms with Crippen LogP contribution >= 0.6 is 0 Å². The van der Waals surface area contributed by atoms with Gasteiger partial charge in [-0.05, 0) is 19.5 Å². The van der Waals surface area contributed by atoms with Crippen molar-refractivity contribution in [1.29, 1.82) is 0 Å². The van der Waals surface area contributed by atoms with Gasteiger partial charge < -0.3 is 22.5 Å². The van der Waals surface area contributed by atoms with Crippen LogP contribution in [0.25, 0.3) is 0 Å². The summed E-state index contributed by atoms with van der Waals surface area (Å²) in [4.78, 5) is 0. The van der Waals surface area contributed by atoms with E-state index in [1.807, 2.05) is 0 Å². The van der Waals surface area contributed by atoms with Crippen molar-refractivity contribution in [2.24, 2.45) is 17.2 Å². The Balaban J connectivity index is 2.75. The minimum absolute atomic E-state index is 0.247. The third-order valence-electron chi connectivity index (χ3n) is 0.938. The molecule has 0 bridgehead atoms. The largest absolute Gasteiger partial charge is 0.330 e. The molecule has 9 heavy (non-hydrogen) atoms. The molecule has 0 radical (unpaired) electrons. The Bertz CT molecular complexity index is 54.9. The summed E-state index contributed by atoms with van der Waals surface area (Å²) < 4.78 is 0. The van der Waals surface area contributed by atoms with E-state index in [-0.39, 0.29) is 6.17 Å². The van der Waals surface area contributed by atoms with Crippen molar-refractivity contribution in [3.8, 4) is 0 Å². The molecule has 0 fully saturated rings. The van der Waals surface area contributed by atoms with E-state index in [1.165, 1.54) is 0 Å². The van der Waals surface area contributed by atoms with E-state index < -0.39 is 0 Å². The van der Waals surface area contributed by atoms with Gasteiger partial charge in [-0.2, -0.15) is 0 Å². The Labute approximate surface area is 55.8 Å². The van der Waals surface area contributed by atoms with Crippen LogP contribution in [0.1, 0.15) is 6.42 Å². The molecule has 0 spiro atoms. The van der Waals surface area contributed by atoms with Gasteiger partial charge in [-0.25, -0.2) is 0 Å². The third kappa shape index (κ3) is 7.84. The molecular weight excluding hydrogens is 116 g/mol. The van der Waals surface area contributed by atoms with Gasteiger partial charge in [0.2, 0.25) is 0 Å². The van der Waals surface area contributed by atoms with E-state index in [2.05, 4.69) is 5.32 Å². The number of nitrogens with one attached hydrogen (secondary N) is 1. The lowest BCUT2D eigenvalue weighted by Gasteiger charge is -2.05. The number of nitrogens with two attached hydrogens (primary N) is 3. The summed E-state index contributed by atoms with van der Waals surface area (Å²) in [5, 5.41) is 3.06. The van der Waals surface area contributed by atoms with Crippen LogP contribution in [0.3, 0.4) is 0 Å². The molecule has 0 aromatic heterocycles. The molecule has 0 rings (SSSR count). The normalized spacial score (nSPS) is 10.7. The summed E-state index contributed by atoms with van der Waals surface area (Å²) in [5.41, 5.74) is 15.8. The smallest absolute Gasteiger partial charge is 0.0649 e. The minimum atomic E-state index is -0.247. The molecule has 0 heterocycles. The summed E-state index contributed by atoms with van der Waals surface area (Å²) in [6.07, 6.45) is 0.731. The zero-order chi connectivity index (χ0) is 7.11. The third-order valence-corrected chi connectivity index (χ3v) is 0.938. The Hall–Kier alpha value is -0.160. The van der Waals surface area contributed by atoms with Crippen molar-refractivity contribution in [3.63, 3.8) is 0 Å². The lowest BCUT2D eigenvalue weighted by atomic mass is 10.4. The fourth-order valence-electron chi connectivity index (χ4n) is 0.496. The van der Waals surface area contributed by atoms with Crippen LogP contribution in [0, 0.1) is 0 Å². The highest BCUT2D eigenvalue weighted by atomic mass is 15.0. The molecule has 0 atom stereocenters. The molecule has 0 unspecified atom stereocenters. The molecule has 0 aliphatic carbocycles. The molecule has 0 aromatic rings. The standard InChI is InChI=1S/C5H16N4/c6-2-1-3-9-4-5(7)8/h5,9H,1-4,6-8H2. The van der Waals surface area contributed by atoms with Crippen LogP contribution in [0.5, 0.6) is 0 Å². The Morgan fingerprint density at radius 1 is 1.33 bits per heavy atom. The fraction of sp³-hybridized carbons (Fsp3) is 1.00. The molecule has 0 saturated carbocycles. The minimum Gasteiger partial charge on any atom is -0.330 e. The SMILES string of the molecule is NCCCNCC(N)N. The zero-order valence-electron chi connectivity index (χ0n) is 5.64. The Morgan fingerprint density at radius 3 is 2.44 bits per heavy atom. The number of rotatable bonds is 5. The summed E-state index contributed by atoms with van der Waals surface area (Å²) >= 11 is 0. The van der Waals surface area contributed by atoms with Crippen molar-refractivity contribution < 1.29 is 0 Å². The molecule has 7 N–H and O–H groups in total. The molecule has 0 aliphatic rings. The van der Waals surface area contributed by atoms with Crippen molar-refractivity contribution in [3.05, 3.63) is 0 Å². The fourth-order valence-corrected chi connectivity index (χ4v) is 0.496. The second-order valence-corrected chi connectivity index (χ2v) is 2.01. The zero-order valence-corrected chi connectivity index (χ0v) is 5.64. The first-order valence-electron chi connectivity index (χ1n) is 3.19. The summed E-state index contributed by atoms with van der Waals surface area (Å²) in [6, 6.07) is 0. The van der Waals surface area contributed by atoms with Crippen LogP contribution in [0.4, 0.5) is 0 Å². The number of hydrogen-bond donors (Lipinski definition) is 4. The highest BCUT2D eigenvalue weighted by molar-refractivity contribution is 4.55. The van der Waals surface area contributed by atoms with Gasteiger partial charge in [0, 0.05) is 6.54 Å². The van der Waals surface area contributed by atoms with Crippen LogP contribution < -0.4 is 22.5 Å². The van der Waals surface area contributed by atoms with E-state index in [0.717, 1.165) is 13.0 Å². The average molecular weight is 132 g/mol. The van der Waals surface area contributed by atoms with E-state index in [0.29, 0.717) is 13.1 Å². The van der Waals surface area contributed by atoms with Crippen molar-refractivity contribution >= 4 is 0 Å². The molecular formula is C5H16N4. The molecule has 4 nitrogen and oxygen atoms in total. The summed E-state index contributed by atoms with van der Waals surface area (Å²) in [7, 11) is 0. The lowest BCUT2D eigenvalue weighted by molar-refractivity contribution is 0.580. The first kappa shape index (κ1) is 8.84. The second kappa shape index (κ2) is 5.97. The van der Waals surface area contributed by atoms with Crippen LogP contribution in [-0.2, 0) is 0 Å². The van der Waals surface area contributed by atoms with Gasteiger partial charge in [-0.15, -0.1) is 0 Å². The summed E-state index contributed by atoms with van der Waals surface area (Å²) in [5.74, 6) is 0. The van der Waals surface area contributed by atoms with Crippen molar-refractivity contribution in [2.75, 3.05) is 19.6 Å². The maximum atomic E-state index is 5.26. The molecule has 4 heteroatoms. The van der Waals surface area contributed by atoms with Crippen molar-refractivity contribution in [2.45, 2.75) is 12.6 Å².